The second-order valence-electron chi connectivity index (χ2n) is 5.79. The van der Waals surface area contributed by atoms with Crippen molar-refractivity contribution in [1.82, 2.24) is 4.90 Å². The molecule has 0 bridgehead atoms. The molecule has 1 aliphatic rings. The van der Waals surface area contributed by atoms with E-state index < -0.39 is 0 Å². The van der Waals surface area contributed by atoms with Crippen LogP contribution in [-0.2, 0) is 4.79 Å². The van der Waals surface area contributed by atoms with Gasteiger partial charge in [0.2, 0.25) is 0 Å². The Balaban J connectivity index is 0.00000208. The van der Waals surface area contributed by atoms with Crippen LogP contribution in [0, 0.1) is 0 Å². The Labute approximate surface area is 149 Å². The second kappa shape index (κ2) is 8.62. The Morgan fingerprint density at radius 1 is 0.833 bits per heavy atom. The number of halogens is 1. The van der Waals surface area contributed by atoms with Gasteiger partial charge >= 0.3 is 0 Å². The van der Waals surface area contributed by atoms with E-state index in [1.807, 2.05) is 72.8 Å². The third-order valence-electron chi connectivity index (χ3n) is 4.10. The van der Waals surface area contributed by atoms with Crippen LogP contribution in [-0.4, -0.2) is 30.3 Å². The van der Waals surface area contributed by atoms with E-state index >= 15 is 0 Å². The average Bonchev–Trinajstić information content (AvgIpc) is 2.60. The van der Waals surface area contributed by atoms with Crippen molar-refractivity contribution < 1.29 is 4.79 Å². The lowest BCUT2D eigenvalue weighted by molar-refractivity contribution is -0.113. The van der Waals surface area contributed by atoms with Crippen molar-refractivity contribution in [3.8, 4) is 0 Å². The number of hydrogen-bond donors (Lipinski definition) is 0. The number of likely N-dealkylation sites (tertiary alicyclic amines) is 1. The maximum absolute atomic E-state index is 12.8. The fourth-order valence-corrected chi connectivity index (χ4v) is 2.83. The van der Waals surface area contributed by atoms with Crippen molar-refractivity contribution in [3.63, 3.8) is 0 Å². The van der Waals surface area contributed by atoms with Gasteiger partial charge in [-0.2, -0.15) is 0 Å². The molecule has 2 nitrogen and oxygen atoms in total. The van der Waals surface area contributed by atoms with Crippen molar-refractivity contribution in [2.24, 2.45) is 0 Å². The zero-order chi connectivity index (χ0) is 16.1. The molecule has 1 aliphatic heterocycles. The van der Waals surface area contributed by atoms with E-state index in [9.17, 15) is 4.79 Å². The largest absolute Gasteiger partial charge is 0.295 e. The summed E-state index contributed by atoms with van der Waals surface area (Å²) >= 11 is 0. The van der Waals surface area contributed by atoms with Crippen LogP contribution in [0.3, 0.4) is 0 Å². The number of benzene rings is 2. The Morgan fingerprint density at radius 2 is 1.25 bits per heavy atom. The standard InChI is InChI=1S/C21H21NO.ClH/c1-2-22-15-19(13-17-9-5-3-6-10-17)21(23)20(16-22)14-18-11-7-4-8-12-18;/h3-14H,2,15-16H2,1H3;1H/b19-13-,20-14+;. The molecule has 1 saturated heterocycles. The van der Waals surface area contributed by atoms with Gasteiger partial charge in [-0.25, -0.2) is 0 Å². The Bertz CT molecular complexity index is 673. The number of rotatable bonds is 3. The highest BCUT2D eigenvalue weighted by atomic mass is 35.5. The molecule has 1 fully saturated rings. The highest BCUT2D eigenvalue weighted by Crippen LogP contribution is 2.21. The SMILES string of the molecule is CCN1C/C(=C/c2ccccc2)C(=O)/C(=C/c2ccccc2)C1.Cl. The monoisotopic (exact) mass is 339 g/mol. The second-order valence-corrected chi connectivity index (χ2v) is 5.79. The molecule has 1 heterocycles. The predicted octanol–water partition coefficient (Wildman–Crippen LogP) is 4.48. The van der Waals surface area contributed by atoms with Gasteiger partial charge < -0.3 is 0 Å². The van der Waals surface area contributed by atoms with E-state index in [0.29, 0.717) is 0 Å². The number of Topliss-reactive ketones (excluding diaryl/α,β-unsaturated/α-hetero) is 1. The van der Waals surface area contributed by atoms with Crippen LogP contribution in [0.15, 0.2) is 71.8 Å². The molecule has 0 aliphatic carbocycles. The van der Waals surface area contributed by atoms with Crippen LogP contribution in [0.25, 0.3) is 12.2 Å². The van der Waals surface area contributed by atoms with Gasteiger partial charge in [-0.15, -0.1) is 12.4 Å². The number of likely N-dealkylation sites (N-methyl/N-ethyl adjacent to an activating group) is 1. The first-order chi connectivity index (χ1) is 11.3. The number of carbonyl (C=O) groups excluding carboxylic acids is 1. The molecule has 0 spiro atoms. The summed E-state index contributed by atoms with van der Waals surface area (Å²) in [7, 11) is 0. The van der Waals surface area contributed by atoms with Crippen LogP contribution in [0.2, 0.25) is 0 Å². The lowest BCUT2D eigenvalue weighted by atomic mass is 9.94. The van der Waals surface area contributed by atoms with E-state index in [2.05, 4.69) is 11.8 Å². The highest BCUT2D eigenvalue weighted by molar-refractivity contribution is 6.14. The molecule has 0 atom stereocenters. The molecular formula is C21H22ClNO. The number of ketones is 1. The number of nitrogens with zero attached hydrogens (tertiary/aromatic N) is 1. The molecule has 0 radical (unpaired) electrons. The van der Waals surface area contributed by atoms with Crippen LogP contribution < -0.4 is 0 Å². The van der Waals surface area contributed by atoms with Crippen molar-refractivity contribution >= 4 is 30.3 Å². The number of hydrogen-bond acceptors (Lipinski definition) is 2. The summed E-state index contributed by atoms with van der Waals surface area (Å²) in [5, 5.41) is 0. The summed E-state index contributed by atoms with van der Waals surface area (Å²) < 4.78 is 0. The topological polar surface area (TPSA) is 20.3 Å². The van der Waals surface area contributed by atoms with Gasteiger partial charge in [0.05, 0.1) is 0 Å². The first-order valence-electron chi connectivity index (χ1n) is 8.04. The summed E-state index contributed by atoms with van der Waals surface area (Å²) in [5.41, 5.74) is 3.89. The summed E-state index contributed by atoms with van der Waals surface area (Å²) in [4.78, 5) is 15.1. The van der Waals surface area contributed by atoms with Gasteiger partial charge in [0, 0.05) is 24.2 Å². The maximum Gasteiger partial charge on any atom is 0.187 e. The molecule has 3 heteroatoms. The molecule has 0 amide bonds. The first-order valence-corrected chi connectivity index (χ1v) is 8.04. The quantitative estimate of drug-likeness (QED) is 0.768. The minimum absolute atomic E-state index is 0. The normalized spacial score (nSPS) is 18.6. The van der Waals surface area contributed by atoms with Gasteiger partial charge in [-0.05, 0) is 29.8 Å². The summed E-state index contributed by atoms with van der Waals surface area (Å²) in [6.45, 7) is 4.51. The summed E-state index contributed by atoms with van der Waals surface area (Å²) in [6, 6.07) is 20.1. The smallest absolute Gasteiger partial charge is 0.187 e. The fourth-order valence-electron chi connectivity index (χ4n) is 2.83. The van der Waals surface area contributed by atoms with Gasteiger partial charge in [0.15, 0.2) is 5.78 Å². The van der Waals surface area contributed by atoms with Crippen molar-refractivity contribution in [2.75, 3.05) is 19.6 Å². The van der Waals surface area contributed by atoms with Gasteiger partial charge in [0.25, 0.3) is 0 Å². The number of piperidine rings is 1. The lowest BCUT2D eigenvalue weighted by Crippen LogP contribution is -2.37. The Hall–Kier alpha value is -2.16. The van der Waals surface area contributed by atoms with Crippen LogP contribution in [0.4, 0.5) is 0 Å². The van der Waals surface area contributed by atoms with Crippen molar-refractivity contribution in [2.45, 2.75) is 6.92 Å². The molecule has 0 aromatic heterocycles. The van der Waals surface area contributed by atoms with E-state index in [1.165, 1.54) is 0 Å². The molecule has 2 aromatic carbocycles. The van der Waals surface area contributed by atoms with Gasteiger partial charge in [0.1, 0.15) is 0 Å². The zero-order valence-electron chi connectivity index (χ0n) is 13.8. The lowest BCUT2D eigenvalue weighted by Gasteiger charge is -2.28. The molecule has 124 valence electrons. The molecular weight excluding hydrogens is 318 g/mol. The molecule has 3 rings (SSSR count). The molecule has 2 aromatic rings. The molecule has 24 heavy (non-hydrogen) atoms. The van der Waals surface area contributed by atoms with Crippen LogP contribution in [0.5, 0.6) is 0 Å². The molecule has 0 saturated carbocycles. The first kappa shape index (κ1) is 18.2. The third-order valence-corrected chi connectivity index (χ3v) is 4.10. The van der Waals surface area contributed by atoms with Gasteiger partial charge in [-0.1, -0.05) is 67.6 Å². The van der Waals surface area contributed by atoms with E-state index in [0.717, 1.165) is 41.9 Å². The molecule has 0 N–H and O–H groups in total. The van der Waals surface area contributed by atoms with Crippen molar-refractivity contribution in [1.29, 1.82) is 0 Å². The minimum atomic E-state index is 0. The van der Waals surface area contributed by atoms with E-state index in [1.54, 1.807) is 0 Å². The Morgan fingerprint density at radius 3 is 1.62 bits per heavy atom. The highest BCUT2D eigenvalue weighted by Gasteiger charge is 2.25. The third kappa shape index (κ3) is 4.44. The van der Waals surface area contributed by atoms with Crippen molar-refractivity contribution in [3.05, 3.63) is 82.9 Å². The zero-order valence-corrected chi connectivity index (χ0v) is 14.6. The molecule has 0 unspecified atom stereocenters. The summed E-state index contributed by atoms with van der Waals surface area (Å²) in [5.74, 6) is 0.169. The Kier molecular flexibility index (Phi) is 6.53. The average molecular weight is 340 g/mol. The van der Waals surface area contributed by atoms with E-state index in [4.69, 9.17) is 0 Å². The van der Waals surface area contributed by atoms with Crippen LogP contribution >= 0.6 is 12.4 Å². The predicted molar refractivity (Wildman–Crippen MR) is 103 cm³/mol. The van der Waals surface area contributed by atoms with Gasteiger partial charge in [-0.3, -0.25) is 9.69 Å². The number of carbonyl (C=O) groups is 1. The summed E-state index contributed by atoms with van der Waals surface area (Å²) in [6.07, 6.45) is 4.03. The van der Waals surface area contributed by atoms with Crippen LogP contribution in [0.1, 0.15) is 18.1 Å². The maximum atomic E-state index is 12.8. The van der Waals surface area contributed by atoms with E-state index in [-0.39, 0.29) is 18.2 Å². The fraction of sp³-hybridized carbons (Fsp3) is 0.190. The minimum Gasteiger partial charge on any atom is -0.295 e.